The fourth-order valence-corrected chi connectivity index (χ4v) is 3.94. The van der Waals surface area contributed by atoms with Crippen LogP contribution in [0, 0.1) is 0 Å². The number of aliphatic imine (C=N–C) groups is 1. The lowest BCUT2D eigenvalue weighted by molar-refractivity contribution is -0.137. The largest absolute Gasteiger partial charge is 0.416 e. The second kappa shape index (κ2) is 9.00. The van der Waals surface area contributed by atoms with E-state index in [1.165, 1.54) is 23.5 Å². The van der Waals surface area contributed by atoms with Crippen molar-refractivity contribution in [1.29, 1.82) is 0 Å². The first kappa shape index (κ1) is 21.8. The number of hydrogen-bond donors (Lipinski definition) is 0. The molecule has 0 N–H and O–H groups in total. The molecule has 0 atom stereocenters. The molecule has 0 amide bonds. The van der Waals surface area contributed by atoms with Crippen LogP contribution in [0.5, 0.6) is 0 Å². The zero-order chi connectivity index (χ0) is 22.7. The van der Waals surface area contributed by atoms with Gasteiger partial charge in [-0.05, 0) is 28.8 Å². The minimum Gasteiger partial charge on any atom is -0.294 e. The first-order chi connectivity index (χ1) is 15.3. The van der Waals surface area contributed by atoms with E-state index in [9.17, 15) is 22.8 Å². The molecule has 1 aliphatic heterocycles. The van der Waals surface area contributed by atoms with E-state index in [0.29, 0.717) is 17.8 Å². The number of aromatic nitrogens is 1. The number of ketones is 2. The molecule has 4 nitrogen and oxygen atoms in total. The molecule has 3 aromatic rings. The van der Waals surface area contributed by atoms with Gasteiger partial charge in [0.25, 0.3) is 0 Å². The lowest BCUT2D eigenvalue weighted by Gasteiger charge is -2.08. The second-order valence-corrected chi connectivity index (χ2v) is 8.09. The molecule has 0 spiro atoms. The molecule has 8 heteroatoms. The van der Waals surface area contributed by atoms with Crippen LogP contribution in [0.15, 0.2) is 70.6 Å². The molecular formula is C24H17F3N2O2S. The number of carbonyl (C=O) groups excluding carboxylic acids is 2. The SMILES string of the molecule is O=C(CC1=NC=C(c2ccc(CC(=O)c3cscn3)cc2)C1)c1cccc(C(F)(F)F)c1. The Balaban J connectivity index is 1.35. The number of allylic oxidation sites excluding steroid dienone is 1. The average Bonchev–Trinajstić information content (AvgIpc) is 3.46. The summed E-state index contributed by atoms with van der Waals surface area (Å²) < 4.78 is 38.6. The smallest absolute Gasteiger partial charge is 0.294 e. The van der Waals surface area contributed by atoms with Crippen LogP contribution in [-0.2, 0) is 12.6 Å². The molecule has 0 radical (unpaired) electrons. The summed E-state index contributed by atoms with van der Waals surface area (Å²) in [7, 11) is 0. The maximum Gasteiger partial charge on any atom is 0.416 e. The van der Waals surface area contributed by atoms with Crippen LogP contribution >= 0.6 is 11.3 Å². The number of Topliss-reactive ketones (excluding diaryl/α,β-unsaturated/α-hetero) is 2. The third-order valence-electron chi connectivity index (χ3n) is 5.08. The Morgan fingerprint density at radius 1 is 1.00 bits per heavy atom. The highest BCUT2D eigenvalue weighted by molar-refractivity contribution is 7.07. The van der Waals surface area contributed by atoms with Gasteiger partial charge in [-0.1, -0.05) is 36.4 Å². The van der Waals surface area contributed by atoms with Crippen LogP contribution in [0.4, 0.5) is 13.2 Å². The van der Waals surface area contributed by atoms with Gasteiger partial charge in [-0.3, -0.25) is 14.6 Å². The number of thiazole rings is 1. The number of carbonyl (C=O) groups is 2. The Hall–Kier alpha value is -3.39. The summed E-state index contributed by atoms with van der Waals surface area (Å²) in [5, 5.41) is 1.72. The van der Waals surface area contributed by atoms with Crippen LogP contribution in [0.2, 0.25) is 0 Å². The number of alkyl halides is 3. The zero-order valence-corrected chi connectivity index (χ0v) is 17.5. The average molecular weight is 454 g/mol. The standard InChI is InChI=1S/C24H17F3N2O2S/c25-24(26,27)19-3-1-2-17(9-19)22(30)11-20-10-18(12-28-20)16-6-4-15(5-7-16)8-23(31)21-13-32-14-29-21/h1-7,9,12-14H,8,10-11H2. The van der Waals surface area contributed by atoms with Crippen molar-refractivity contribution in [2.75, 3.05) is 0 Å². The quantitative estimate of drug-likeness (QED) is 0.409. The molecular weight excluding hydrogens is 437 g/mol. The Morgan fingerprint density at radius 3 is 2.47 bits per heavy atom. The molecule has 162 valence electrons. The third-order valence-corrected chi connectivity index (χ3v) is 5.67. The molecule has 2 heterocycles. The molecule has 0 aliphatic carbocycles. The highest BCUT2D eigenvalue weighted by atomic mass is 32.1. The van der Waals surface area contributed by atoms with E-state index in [0.717, 1.165) is 28.8 Å². The van der Waals surface area contributed by atoms with E-state index < -0.39 is 17.5 Å². The van der Waals surface area contributed by atoms with Crippen molar-refractivity contribution in [3.63, 3.8) is 0 Å². The van der Waals surface area contributed by atoms with Crippen molar-refractivity contribution in [3.05, 3.63) is 93.6 Å². The van der Waals surface area contributed by atoms with Gasteiger partial charge in [0.2, 0.25) is 0 Å². The summed E-state index contributed by atoms with van der Waals surface area (Å²) in [5.41, 5.74) is 4.55. The van der Waals surface area contributed by atoms with E-state index in [1.807, 2.05) is 24.3 Å². The van der Waals surface area contributed by atoms with Gasteiger partial charge in [-0.15, -0.1) is 11.3 Å². The molecule has 0 saturated heterocycles. The second-order valence-electron chi connectivity index (χ2n) is 7.38. The van der Waals surface area contributed by atoms with Gasteiger partial charge in [-0.2, -0.15) is 13.2 Å². The Labute approximate surface area is 186 Å². The van der Waals surface area contributed by atoms with Crippen LogP contribution in [0.25, 0.3) is 5.57 Å². The molecule has 2 aromatic carbocycles. The molecule has 0 bridgehead atoms. The Morgan fingerprint density at radius 2 is 1.78 bits per heavy atom. The summed E-state index contributed by atoms with van der Waals surface area (Å²) in [4.78, 5) is 32.9. The van der Waals surface area contributed by atoms with E-state index in [-0.39, 0.29) is 24.2 Å². The summed E-state index contributed by atoms with van der Waals surface area (Å²) >= 11 is 1.38. The van der Waals surface area contributed by atoms with Crippen LogP contribution < -0.4 is 0 Å². The molecule has 1 aromatic heterocycles. The summed E-state index contributed by atoms with van der Waals surface area (Å²) in [6, 6.07) is 11.9. The monoisotopic (exact) mass is 454 g/mol. The molecule has 4 rings (SSSR count). The number of benzene rings is 2. The van der Waals surface area contributed by atoms with E-state index in [4.69, 9.17) is 0 Å². The third kappa shape index (κ3) is 5.08. The first-order valence-electron chi connectivity index (χ1n) is 9.75. The highest BCUT2D eigenvalue weighted by Crippen LogP contribution is 2.30. The van der Waals surface area contributed by atoms with Crippen LogP contribution in [0.3, 0.4) is 0 Å². The van der Waals surface area contributed by atoms with Crippen molar-refractivity contribution in [2.45, 2.75) is 25.4 Å². The fraction of sp³-hybridized carbons (Fsp3) is 0.167. The highest BCUT2D eigenvalue weighted by Gasteiger charge is 2.31. The van der Waals surface area contributed by atoms with Gasteiger partial charge >= 0.3 is 6.18 Å². The molecule has 32 heavy (non-hydrogen) atoms. The summed E-state index contributed by atoms with van der Waals surface area (Å²) in [6.45, 7) is 0. The molecule has 0 saturated carbocycles. The van der Waals surface area contributed by atoms with Gasteiger partial charge in [0.15, 0.2) is 11.6 Å². The van der Waals surface area contributed by atoms with Gasteiger partial charge < -0.3 is 0 Å². The topological polar surface area (TPSA) is 59.4 Å². The predicted octanol–water partition coefficient (Wildman–Crippen LogP) is 6.05. The number of halogens is 3. The minimum atomic E-state index is -4.49. The van der Waals surface area contributed by atoms with Crippen molar-refractivity contribution in [1.82, 2.24) is 4.98 Å². The van der Waals surface area contributed by atoms with Crippen LogP contribution in [0.1, 0.15) is 50.4 Å². The number of nitrogens with zero attached hydrogens (tertiary/aromatic N) is 2. The van der Waals surface area contributed by atoms with Crippen molar-refractivity contribution < 1.29 is 22.8 Å². The van der Waals surface area contributed by atoms with E-state index in [2.05, 4.69) is 9.98 Å². The summed E-state index contributed by atoms with van der Waals surface area (Å²) in [6.07, 6.45) is -2.16. The number of rotatable bonds is 7. The van der Waals surface area contributed by atoms with Crippen molar-refractivity contribution in [2.24, 2.45) is 4.99 Å². The Kier molecular flexibility index (Phi) is 6.14. The van der Waals surface area contributed by atoms with Gasteiger partial charge in [0.05, 0.1) is 11.1 Å². The van der Waals surface area contributed by atoms with E-state index >= 15 is 0 Å². The normalized spacial score (nSPS) is 13.6. The van der Waals surface area contributed by atoms with Crippen molar-refractivity contribution in [3.8, 4) is 0 Å². The summed E-state index contributed by atoms with van der Waals surface area (Å²) in [5.74, 6) is -0.446. The number of hydrogen-bond acceptors (Lipinski definition) is 5. The molecule has 1 aliphatic rings. The van der Waals surface area contributed by atoms with Gasteiger partial charge in [0, 0.05) is 42.1 Å². The molecule has 0 fully saturated rings. The lowest BCUT2D eigenvalue weighted by Crippen LogP contribution is -2.10. The lowest BCUT2D eigenvalue weighted by atomic mass is 9.97. The molecule has 0 unspecified atom stereocenters. The predicted molar refractivity (Wildman–Crippen MR) is 117 cm³/mol. The van der Waals surface area contributed by atoms with Crippen LogP contribution in [-0.4, -0.2) is 22.3 Å². The van der Waals surface area contributed by atoms with Gasteiger partial charge in [0.1, 0.15) is 5.69 Å². The fourth-order valence-electron chi connectivity index (χ4n) is 3.38. The minimum absolute atomic E-state index is 0.0186. The Bertz CT molecular complexity index is 1210. The maximum absolute atomic E-state index is 12.9. The van der Waals surface area contributed by atoms with Crippen molar-refractivity contribution >= 4 is 34.2 Å². The zero-order valence-electron chi connectivity index (χ0n) is 16.7. The van der Waals surface area contributed by atoms with Gasteiger partial charge in [-0.25, -0.2) is 4.98 Å². The van der Waals surface area contributed by atoms with E-state index in [1.54, 1.807) is 17.1 Å². The maximum atomic E-state index is 12.9. The first-order valence-corrected chi connectivity index (χ1v) is 10.7.